The number of carbonyl (C=O) groups excluding carboxylic acids is 4. The smallest absolute Gasteiger partial charge is 0.329 e. The van der Waals surface area contributed by atoms with Gasteiger partial charge in [0.05, 0.1) is 13.5 Å². The molecule has 1 aliphatic heterocycles. The Morgan fingerprint density at radius 1 is 1.18 bits per heavy atom. The topological polar surface area (TPSA) is 90.0 Å². The molecule has 0 saturated carbocycles. The molecule has 1 fully saturated rings. The molecule has 0 N–H and O–H groups in total. The minimum atomic E-state index is -0.737. The highest BCUT2D eigenvalue weighted by molar-refractivity contribution is 9.10. The number of halogens is 1. The molecule has 2 rings (SSSR count). The Hall–Kier alpha value is -2.22. The van der Waals surface area contributed by atoms with Gasteiger partial charge in [-0.3, -0.25) is 14.4 Å². The molecule has 0 bridgehead atoms. The van der Waals surface area contributed by atoms with Crippen LogP contribution in [0.15, 0.2) is 28.7 Å². The molecule has 28 heavy (non-hydrogen) atoms. The van der Waals surface area contributed by atoms with Gasteiger partial charge < -0.3 is 14.4 Å². The van der Waals surface area contributed by atoms with Gasteiger partial charge in [-0.25, -0.2) is 4.79 Å². The number of ketones is 1. The highest BCUT2D eigenvalue weighted by Crippen LogP contribution is 2.22. The van der Waals surface area contributed by atoms with Crippen molar-refractivity contribution in [2.75, 3.05) is 20.3 Å². The summed E-state index contributed by atoms with van der Waals surface area (Å²) in [6.07, 6.45) is 1.99. The van der Waals surface area contributed by atoms with E-state index in [0.717, 1.165) is 17.3 Å². The Balaban J connectivity index is 1.97. The number of rotatable bonds is 7. The third-order valence-corrected chi connectivity index (χ3v) is 5.22. The van der Waals surface area contributed by atoms with Crippen LogP contribution in [0.1, 0.15) is 43.0 Å². The van der Waals surface area contributed by atoms with Crippen LogP contribution < -0.4 is 0 Å². The third-order valence-electron chi connectivity index (χ3n) is 4.69. The monoisotopic (exact) mass is 453 g/mol. The highest BCUT2D eigenvalue weighted by Gasteiger charge is 2.36. The molecule has 1 heterocycles. The molecule has 1 aliphatic rings. The van der Waals surface area contributed by atoms with E-state index in [1.54, 1.807) is 31.2 Å². The van der Waals surface area contributed by atoms with Crippen molar-refractivity contribution in [3.05, 3.63) is 34.3 Å². The van der Waals surface area contributed by atoms with Crippen molar-refractivity contribution in [1.29, 1.82) is 0 Å². The molecule has 0 aliphatic carbocycles. The number of ether oxygens (including phenoxy) is 2. The van der Waals surface area contributed by atoms with Crippen LogP contribution in [0.3, 0.4) is 0 Å². The third kappa shape index (κ3) is 5.89. The molecular formula is C20H24BrNO6. The molecule has 2 atom stereocenters. The fourth-order valence-corrected chi connectivity index (χ4v) is 3.36. The zero-order chi connectivity index (χ0) is 20.7. The molecule has 0 spiro atoms. The quantitative estimate of drug-likeness (QED) is 0.465. The van der Waals surface area contributed by atoms with Crippen LogP contribution in [0.4, 0.5) is 0 Å². The average molecular weight is 454 g/mol. The second kappa shape index (κ2) is 10.4. The van der Waals surface area contributed by atoms with Gasteiger partial charge in [0.2, 0.25) is 5.91 Å². The van der Waals surface area contributed by atoms with Crippen molar-refractivity contribution >= 4 is 39.6 Å². The van der Waals surface area contributed by atoms with Crippen molar-refractivity contribution in [3.63, 3.8) is 0 Å². The Morgan fingerprint density at radius 3 is 2.50 bits per heavy atom. The predicted molar refractivity (Wildman–Crippen MR) is 105 cm³/mol. The Labute approximate surface area is 172 Å². The van der Waals surface area contributed by atoms with Crippen LogP contribution in [-0.4, -0.2) is 54.8 Å². The fraction of sp³-hybridized carbons (Fsp3) is 0.500. The largest absolute Gasteiger partial charge is 0.469 e. The van der Waals surface area contributed by atoms with E-state index in [0.29, 0.717) is 18.5 Å². The van der Waals surface area contributed by atoms with Crippen molar-refractivity contribution in [3.8, 4) is 0 Å². The molecule has 1 aromatic carbocycles. The van der Waals surface area contributed by atoms with Crippen LogP contribution in [0.2, 0.25) is 0 Å². The molecule has 152 valence electrons. The van der Waals surface area contributed by atoms with Gasteiger partial charge >= 0.3 is 11.9 Å². The van der Waals surface area contributed by atoms with E-state index in [-0.39, 0.29) is 24.7 Å². The van der Waals surface area contributed by atoms with E-state index >= 15 is 0 Å². The molecule has 1 saturated heterocycles. The summed E-state index contributed by atoms with van der Waals surface area (Å²) in [5.41, 5.74) is 0.444. The van der Waals surface area contributed by atoms with Gasteiger partial charge in [0, 0.05) is 22.5 Å². The number of piperidine rings is 1. The molecule has 8 heteroatoms. The molecule has 0 unspecified atom stereocenters. The van der Waals surface area contributed by atoms with Gasteiger partial charge in [0.15, 0.2) is 12.4 Å². The lowest BCUT2D eigenvalue weighted by atomic mass is 9.98. The van der Waals surface area contributed by atoms with Crippen molar-refractivity contribution < 1.29 is 28.7 Å². The van der Waals surface area contributed by atoms with Gasteiger partial charge in [-0.1, -0.05) is 35.0 Å². The van der Waals surface area contributed by atoms with E-state index in [1.807, 2.05) is 0 Å². The summed E-state index contributed by atoms with van der Waals surface area (Å²) in [6, 6.07) is 6.02. The molecule has 0 radical (unpaired) electrons. The van der Waals surface area contributed by atoms with Crippen LogP contribution in [-0.2, 0) is 23.9 Å². The molecular weight excluding hydrogens is 430 g/mol. The summed E-state index contributed by atoms with van der Waals surface area (Å²) in [7, 11) is 1.27. The lowest BCUT2D eigenvalue weighted by molar-refractivity contribution is -0.158. The number of hydrogen-bond donors (Lipinski definition) is 0. The molecule has 7 nitrogen and oxygen atoms in total. The SMILES string of the molecule is COC(=O)C[C@@H](C)C(=O)N1CCCC[C@H]1C(=O)OCC(=O)c1ccc(Br)cc1. The Kier molecular flexibility index (Phi) is 8.17. The lowest BCUT2D eigenvalue weighted by Gasteiger charge is -2.35. The second-order valence-corrected chi connectivity index (χ2v) is 7.68. The zero-order valence-electron chi connectivity index (χ0n) is 16.0. The van der Waals surface area contributed by atoms with Gasteiger partial charge in [-0.15, -0.1) is 0 Å². The summed E-state index contributed by atoms with van der Waals surface area (Å²) in [4.78, 5) is 50.3. The molecule has 1 amide bonds. The van der Waals surface area contributed by atoms with Crippen LogP contribution in [0.5, 0.6) is 0 Å². The van der Waals surface area contributed by atoms with E-state index in [2.05, 4.69) is 20.7 Å². The number of benzene rings is 1. The van der Waals surface area contributed by atoms with Crippen LogP contribution >= 0.6 is 15.9 Å². The summed E-state index contributed by atoms with van der Waals surface area (Å²) in [5.74, 6) is -2.26. The minimum Gasteiger partial charge on any atom is -0.469 e. The maximum atomic E-state index is 12.7. The summed E-state index contributed by atoms with van der Waals surface area (Å²) in [5, 5.41) is 0. The highest BCUT2D eigenvalue weighted by atomic mass is 79.9. The number of esters is 2. The first-order chi connectivity index (χ1) is 13.3. The summed E-state index contributed by atoms with van der Waals surface area (Å²) in [6.45, 7) is 1.68. The van der Waals surface area contributed by atoms with Gasteiger partial charge in [-0.05, 0) is 31.4 Å². The molecule has 0 aromatic heterocycles. The second-order valence-electron chi connectivity index (χ2n) is 6.76. The fourth-order valence-electron chi connectivity index (χ4n) is 3.10. The van der Waals surface area contributed by atoms with Crippen molar-refractivity contribution in [2.24, 2.45) is 5.92 Å². The van der Waals surface area contributed by atoms with Crippen LogP contribution in [0, 0.1) is 5.92 Å². The van der Waals surface area contributed by atoms with Crippen molar-refractivity contribution in [2.45, 2.75) is 38.6 Å². The zero-order valence-corrected chi connectivity index (χ0v) is 17.6. The first kappa shape index (κ1) is 22.1. The average Bonchev–Trinajstić information content (AvgIpc) is 2.71. The van der Waals surface area contributed by atoms with Gasteiger partial charge in [-0.2, -0.15) is 0 Å². The summed E-state index contributed by atoms with van der Waals surface area (Å²) < 4.78 is 10.7. The first-order valence-electron chi connectivity index (χ1n) is 9.16. The predicted octanol–water partition coefficient (Wildman–Crippen LogP) is 2.76. The minimum absolute atomic E-state index is 0.0460. The number of likely N-dealkylation sites (tertiary alicyclic amines) is 1. The number of methoxy groups -OCH3 is 1. The normalized spacial score (nSPS) is 17.5. The van der Waals surface area contributed by atoms with Crippen molar-refractivity contribution in [1.82, 2.24) is 4.90 Å². The van der Waals surface area contributed by atoms with Crippen LogP contribution in [0.25, 0.3) is 0 Å². The Bertz CT molecular complexity index is 733. The maximum Gasteiger partial charge on any atom is 0.329 e. The number of Topliss-reactive ketones (excluding diaryl/α,β-unsaturated/α-hetero) is 1. The van der Waals surface area contributed by atoms with E-state index < -0.39 is 23.9 Å². The number of nitrogens with zero attached hydrogens (tertiary/aromatic N) is 1. The van der Waals surface area contributed by atoms with Gasteiger partial charge in [0.25, 0.3) is 0 Å². The number of carbonyl (C=O) groups is 4. The van der Waals surface area contributed by atoms with E-state index in [1.165, 1.54) is 12.0 Å². The summed E-state index contributed by atoms with van der Waals surface area (Å²) >= 11 is 3.30. The number of hydrogen-bond acceptors (Lipinski definition) is 6. The standard InChI is InChI=1S/C20H24BrNO6/c1-13(11-18(24)27-2)19(25)22-10-4-3-5-16(22)20(26)28-12-17(23)14-6-8-15(21)9-7-14/h6-9,13,16H,3-5,10-12H2,1-2H3/t13-,16+/m1/s1. The maximum absolute atomic E-state index is 12.7. The van der Waals surface area contributed by atoms with E-state index in [4.69, 9.17) is 4.74 Å². The van der Waals surface area contributed by atoms with Gasteiger partial charge in [0.1, 0.15) is 6.04 Å². The van der Waals surface area contributed by atoms with E-state index in [9.17, 15) is 19.2 Å². The molecule has 1 aromatic rings. The first-order valence-corrected chi connectivity index (χ1v) is 9.95. The number of amides is 1. The Morgan fingerprint density at radius 2 is 1.86 bits per heavy atom. The lowest BCUT2D eigenvalue weighted by Crippen LogP contribution is -2.50.